The second-order valence-corrected chi connectivity index (χ2v) is 10.5. The highest BCUT2D eigenvalue weighted by Crippen LogP contribution is 2.53. The SMILES string of the molecule is CC(C)=NOP(=O)(CO[C@H](C)Cn1cnc2c(N)ncnc21)N(Cc1ccccc1)[C@@H](C)C(=O)O. The maximum atomic E-state index is 14.1. The van der Waals surface area contributed by atoms with Gasteiger partial charge in [0, 0.05) is 6.54 Å². The average molecular weight is 504 g/mol. The highest BCUT2D eigenvalue weighted by atomic mass is 31.2. The van der Waals surface area contributed by atoms with Crippen molar-refractivity contribution >= 4 is 36.2 Å². The van der Waals surface area contributed by atoms with Crippen molar-refractivity contribution in [3.63, 3.8) is 0 Å². The van der Waals surface area contributed by atoms with Crippen molar-refractivity contribution in [3.8, 4) is 0 Å². The molecule has 2 heterocycles. The lowest BCUT2D eigenvalue weighted by atomic mass is 10.2. The first kappa shape index (κ1) is 26.3. The average Bonchev–Trinajstić information content (AvgIpc) is 3.24. The summed E-state index contributed by atoms with van der Waals surface area (Å²) < 4.78 is 28.5. The Kier molecular flexibility index (Phi) is 8.55. The molecule has 3 N–H and O–H groups in total. The highest BCUT2D eigenvalue weighted by molar-refractivity contribution is 7.56. The number of hydrogen-bond acceptors (Lipinski definition) is 9. The molecule has 0 aliphatic heterocycles. The van der Waals surface area contributed by atoms with E-state index in [0.29, 0.717) is 23.4 Å². The standard InChI is InChI=1S/C22H30N7O5P/c1-15(2)27-34-35(32,29(17(4)22(30)31)11-18-8-6-5-7-9-18)14-33-16(3)10-28-13-26-19-20(23)24-12-25-21(19)28/h5-9,12-13,16-17H,10-11,14H2,1-4H3,(H,30,31)(H2,23,24,25)/t16-,17+,35?/m1/s1. The van der Waals surface area contributed by atoms with Gasteiger partial charge in [0.05, 0.1) is 24.7 Å². The third kappa shape index (κ3) is 6.62. The quantitative estimate of drug-likeness (QED) is 0.213. The molecule has 0 aliphatic rings. The predicted octanol–water partition coefficient (Wildman–Crippen LogP) is 3.35. The molecule has 0 spiro atoms. The fraction of sp³-hybridized carbons (Fsp3) is 0.409. The molecular weight excluding hydrogens is 473 g/mol. The van der Waals surface area contributed by atoms with E-state index in [9.17, 15) is 14.5 Å². The molecule has 1 aromatic carbocycles. The van der Waals surface area contributed by atoms with E-state index in [-0.39, 0.29) is 18.7 Å². The Labute approximate surface area is 203 Å². The van der Waals surface area contributed by atoms with Gasteiger partial charge in [0.25, 0.3) is 0 Å². The fourth-order valence-corrected chi connectivity index (χ4v) is 5.31. The number of anilines is 1. The van der Waals surface area contributed by atoms with Crippen LogP contribution in [0.3, 0.4) is 0 Å². The zero-order valence-electron chi connectivity index (χ0n) is 20.1. The number of carboxylic acids is 1. The molecular formula is C22H30N7O5P. The molecule has 0 saturated carbocycles. The van der Waals surface area contributed by atoms with Gasteiger partial charge in [-0.1, -0.05) is 35.5 Å². The van der Waals surface area contributed by atoms with Gasteiger partial charge in [-0.2, -0.15) is 0 Å². The summed E-state index contributed by atoms with van der Waals surface area (Å²) in [6.45, 7) is 7.02. The van der Waals surface area contributed by atoms with Crippen LogP contribution >= 0.6 is 7.52 Å². The van der Waals surface area contributed by atoms with Crippen molar-refractivity contribution in [2.75, 3.05) is 12.1 Å². The fourth-order valence-electron chi connectivity index (χ4n) is 3.28. The Balaban J connectivity index is 1.83. The van der Waals surface area contributed by atoms with Gasteiger partial charge >= 0.3 is 13.5 Å². The van der Waals surface area contributed by atoms with Crippen molar-refractivity contribution in [3.05, 3.63) is 48.5 Å². The number of imidazole rings is 1. The van der Waals surface area contributed by atoms with E-state index in [4.69, 9.17) is 15.1 Å². The molecule has 0 saturated heterocycles. The minimum atomic E-state index is -3.89. The molecule has 188 valence electrons. The number of carbonyl (C=O) groups is 1. The summed E-state index contributed by atoms with van der Waals surface area (Å²) in [6, 6.07) is 8.01. The summed E-state index contributed by atoms with van der Waals surface area (Å²) >= 11 is 0. The second-order valence-electron chi connectivity index (χ2n) is 8.29. The van der Waals surface area contributed by atoms with E-state index in [1.165, 1.54) is 17.9 Å². The van der Waals surface area contributed by atoms with Crippen molar-refractivity contribution < 1.29 is 23.8 Å². The second kappa shape index (κ2) is 11.4. The zero-order chi connectivity index (χ0) is 25.6. The number of oxime groups is 1. The molecule has 1 unspecified atom stereocenters. The van der Waals surface area contributed by atoms with Gasteiger partial charge in [0.2, 0.25) is 0 Å². The molecule has 13 heteroatoms. The number of ether oxygens (including phenoxy) is 1. The number of rotatable bonds is 12. The molecule has 0 aliphatic carbocycles. The Morgan fingerprint density at radius 1 is 1.23 bits per heavy atom. The van der Waals surface area contributed by atoms with Crippen LogP contribution in [0, 0.1) is 0 Å². The van der Waals surface area contributed by atoms with Gasteiger partial charge < -0.3 is 24.8 Å². The minimum Gasteiger partial charge on any atom is -0.480 e. The van der Waals surface area contributed by atoms with E-state index in [1.807, 2.05) is 30.3 Å². The van der Waals surface area contributed by atoms with E-state index in [0.717, 1.165) is 5.56 Å². The van der Waals surface area contributed by atoms with Crippen LogP contribution in [0.15, 0.2) is 48.1 Å². The lowest BCUT2D eigenvalue weighted by molar-refractivity contribution is -0.141. The van der Waals surface area contributed by atoms with Gasteiger partial charge in [-0.15, -0.1) is 0 Å². The van der Waals surface area contributed by atoms with Crippen LogP contribution < -0.4 is 5.73 Å². The minimum absolute atomic E-state index is 0.0734. The number of fused-ring (bicyclic) bond motifs is 1. The van der Waals surface area contributed by atoms with Crippen molar-refractivity contribution in [1.29, 1.82) is 0 Å². The van der Waals surface area contributed by atoms with Gasteiger partial charge in [-0.05, 0) is 33.3 Å². The number of hydrogen-bond donors (Lipinski definition) is 2. The Hall–Kier alpha value is -3.34. The number of aliphatic carboxylic acids is 1. The number of nitrogens with two attached hydrogens (primary N) is 1. The van der Waals surface area contributed by atoms with Gasteiger partial charge in [0.1, 0.15) is 24.2 Å². The highest BCUT2D eigenvalue weighted by Gasteiger charge is 2.40. The molecule has 2 aromatic heterocycles. The lowest BCUT2D eigenvalue weighted by Gasteiger charge is -2.32. The van der Waals surface area contributed by atoms with Gasteiger partial charge in [-0.25, -0.2) is 19.6 Å². The maximum Gasteiger partial charge on any atom is 0.367 e. The van der Waals surface area contributed by atoms with Crippen LogP contribution in [0.25, 0.3) is 11.2 Å². The maximum absolute atomic E-state index is 14.1. The van der Waals surface area contributed by atoms with Crippen LogP contribution in [-0.2, 0) is 31.8 Å². The summed E-state index contributed by atoms with van der Waals surface area (Å²) in [7, 11) is -3.89. The number of nitrogens with zero attached hydrogens (tertiary/aromatic N) is 6. The van der Waals surface area contributed by atoms with Crippen molar-refractivity contribution in [1.82, 2.24) is 24.2 Å². The Morgan fingerprint density at radius 2 is 1.94 bits per heavy atom. The van der Waals surface area contributed by atoms with E-state index in [1.54, 1.807) is 31.7 Å². The van der Waals surface area contributed by atoms with E-state index < -0.39 is 25.6 Å². The first-order chi connectivity index (χ1) is 16.6. The molecule has 0 fully saturated rings. The van der Waals surface area contributed by atoms with Crippen LogP contribution in [0.2, 0.25) is 0 Å². The summed E-state index contributed by atoms with van der Waals surface area (Å²) in [5.41, 5.74) is 8.17. The number of benzene rings is 1. The number of aromatic nitrogens is 4. The Morgan fingerprint density at radius 3 is 2.60 bits per heavy atom. The summed E-state index contributed by atoms with van der Waals surface area (Å²) in [4.78, 5) is 24.3. The monoisotopic (exact) mass is 503 g/mol. The van der Waals surface area contributed by atoms with Gasteiger partial charge in [0.15, 0.2) is 11.5 Å². The van der Waals surface area contributed by atoms with Crippen LogP contribution in [0.1, 0.15) is 33.3 Å². The molecule has 3 aromatic rings. The van der Waals surface area contributed by atoms with Crippen LogP contribution in [0.4, 0.5) is 5.82 Å². The molecule has 3 rings (SSSR count). The van der Waals surface area contributed by atoms with Crippen LogP contribution in [-0.4, -0.2) is 59.5 Å². The van der Waals surface area contributed by atoms with Gasteiger partial charge in [-0.3, -0.25) is 9.36 Å². The molecule has 0 radical (unpaired) electrons. The largest absolute Gasteiger partial charge is 0.480 e. The molecule has 35 heavy (non-hydrogen) atoms. The predicted molar refractivity (Wildman–Crippen MR) is 132 cm³/mol. The normalized spacial score (nSPS) is 14.9. The number of carboxylic acid groups (broad SMARTS) is 1. The van der Waals surface area contributed by atoms with Crippen molar-refractivity contribution in [2.45, 2.75) is 52.9 Å². The summed E-state index contributed by atoms with van der Waals surface area (Å²) in [6.07, 6.45) is 2.10. The lowest BCUT2D eigenvalue weighted by Crippen LogP contribution is -2.37. The molecule has 12 nitrogen and oxygen atoms in total. The summed E-state index contributed by atoms with van der Waals surface area (Å²) in [5, 5.41) is 13.6. The molecule has 0 amide bonds. The van der Waals surface area contributed by atoms with Crippen LogP contribution in [0.5, 0.6) is 0 Å². The van der Waals surface area contributed by atoms with Crippen molar-refractivity contribution in [2.24, 2.45) is 5.16 Å². The molecule has 0 bridgehead atoms. The topological polar surface area (TPSA) is 158 Å². The zero-order valence-corrected chi connectivity index (χ0v) is 21.0. The third-order valence-corrected chi connectivity index (χ3v) is 7.22. The Bertz CT molecular complexity index is 1230. The van der Waals surface area contributed by atoms with E-state index in [2.05, 4.69) is 20.1 Å². The smallest absolute Gasteiger partial charge is 0.367 e. The first-order valence-electron chi connectivity index (χ1n) is 11.0. The molecule has 3 atom stereocenters. The summed E-state index contributed by atoms with van der Waals surface area (Å²) in [5.74, 6) is -0.871. The first-order valence-corrected chi connectivity index (χ1v) is 12.7. The number of nitrogen functional groups attached to an aromatic ring is 1. The third-order valence-electron chi connectivity index (χ3n) is 5.14. The van der Waals surface area contributed by atoms with E-state index >= 15 is 0 Å².